The number of nitrogens with one attached hydrogen (secondary N) is 1. The van der Waals surface area contributed by atoms with Crippen LogP contribution in [0.25, 0.3) is 0 Å². The Labute approximate surface area is 121 Å². The fourth-order valence-electron chi connectivity index (χ4n) is 2.18. The molecule has 112 valence electrons. The van der Waals surface area contributed by atoms with Crippen molar-refractivity contribution in [1.29, 1.82) is 0 Å². The van der Waals surface area contributed by atoms with Gasteiger partial charge in [0.1, 0.15) is 9.77 Å². The molecule has 1 fully saturated rings. The standard InChI is InChI=1S/C12H17NO5S2/c14-12(15)11-10(4-7-19-11)20(16,17)13-5-3-9-2-1-6-18-8-9/h4,7,9,13H,1-3,5-6,8H2,(H,14,15). The molecule has 0 amide bonds. The zero-order valence-electron chi connectivity index (χ0n) is 10.9. The molecular weight excluding hydrogens is 302 g/mol. The van der Waals surface area contributed by atoms with Crippen LogP contribution in [0.1, 0.15) is 28.9 Å². The fourth-order valence-corrected chi connectivity index (χ4v) is 4.48. The Hall–Kier alpha value is -0.960. The molecule has 1 saturated heterocycles. The molecule has 8 heteroatoms. The van der Waals surface area contributed by atoms with Crippen molar-refractivity contribution in [2.24, 2.45) is 5.92 Å². The summed E-state index contributed by atoms with van der Waals surface area (Å²) in [4.78, 5) is 10.6. The number of hydrogen-bond donors (Lipinski definition) is 2. The molecule has 6 nitrogen and oxygen atoms in total. The number of ether oxygens (including phenoxy) is 1. The first-order chi connectivity index (χ1) is 9.50. The number of carboxylic acids is 1. The van der Waals surface area contributed by atoms with Gasteiger partial charge in [-0.05, 0) is 36.6 Å². The number of hydrogen-bond acceptors (Lipinski definition) is 5. The first kappa shape index (κ1) is 15.4. The third-order valence-electron chi connectivity index (χ3n) is 3.21. The molecule has 2 heterocycles. The molecule has 2 N–H and O–H groups in total. The SMILES string of the molecule is O=C(O)c1sccc1S(=O)(=O)NCCC1CCCOC1. The Bertz CT molecular complexity index is 560. The van der Waals surface area contributed by atoms with E-state index in [4.69, 9.17) is 9.84 Å². The highest BCUT2D eigenvalue weighted by Crippen LogP contribution is 2.22. The Balaban J connectivity index is 1.93. The second kappa shape index (κ2) is 6.66. The van der Waals surface area contributed by atoms with E-state index in [9.17, 15) is 13.2 Å². The van der Waals surface area contributed by atoms with Crippen LogP contribution in [0.15, 0.2) is 16.3 Å². The van der Waals surface area contributed by atoms with Crippen LogP contribution in [0.3, 0.4) is 0 Å². The summed E-state index contributed by atoms with van der Waals surface area (Å²) in [7, 11) is -3.75. The lowest BCUT2D eigenvalue weighted by molar-refractivity contribution is 0.0523. The normalized spacial score (nSPS) is 19.9. The van der Waals surface area contributed by atoms with Crippen LogP contribution in [-0.4, -0.2) is 39.3 Å². The molecule has 1 aliphatic rings. The fraction of sp³-hybridized carbons (Fsp3) is 0.583. The molecule has 2 rings (SSSR count). The molecule has 0 bridgehead atoms. The third kappa shape index (κ3) is 3.78. The van der Waals surface area contributed by atoms with Gasteiger partial charge in [-0.1, -0.05) is 0 Å². The Kier molecular flexibility index (Phi) is 5.14. The highest BCUT2D eigenvalue weighted by Gasteiger charge is 2.24. The predicted octanol–water partition coefficient (Wildman–Crippen LogP) is 1.54. The minimum absolute atomic E-state index is 0.154. The van der Waals surface area contributed by atoms with Crippen LogP contribution in [-0.2, 0) is 14.8 Å². The maximum absolute atomic E-state index is 12.1. The summed E-state index contributed by atoms with van der Waals surface area (Å²) >= 11 is 0.907. The van der Waals surface area contributed by atoms with Crippen molar-refractivity contribution >= 4 is 27.3 Å². The summed E-state index contributed by atoms with van der Waals surface area (Å²) in [5.41, 5.74) is 0. The van der Waals surface area contributed by atoms with Gasteiger partial charge in [0.05, 0.1) is 0 Å². The minimum Gasteiger partial charge on any atom is -0.477 e. The Morgan fingerprint density at radius 3 is 3.00 bits per heavy atom. The second-order valence-corrected chi connectivity index (χ2v) is 7.34. The number of thiophene rings is 1. The van der Waals surface area contributed by atoms with E-state index in [0.29, 0.717) is 25.5 Å². The largest absolute Gasteiger partial charge is 0.477 e. The maximum atomic E-state index is 12.1. The van der Waals surface area contributed by atoms with Gasteiger partial charge >= 0.3 is 5.97 Å². The lowest BCUT2D eigenvalue weighted by Gasteiger charge is -2.21. The molecule has 1 aromatic heterocycles. The van der Waals surface area contributed by atoms with Crippen LogP contribution in [0, 0.1) is 5.92 Å². The van der Waals surface area contributed by atoms with Crippen LogP contribution < -0.4 is 4.72 Å². The summed E-state index contributed by atoms with van der Waals surface area (Å²) in [5.74, 6) is -0.853. The Morgan fingerprint density at radius 1 is 1.55 bits per heavy atom. The molecule has 0 spiro atoms. The highest BCUT2D eigenvalue weighted by atomic mass is 32.2. The van der Waals surface area contributed by atoms with E-state index in [1.165, 1.54) is 11.4 Å². The predicted molar refractivity (Wildman–Crippen MR) is 74.6 cm³/mol. The average Bonchev–Trinajstić information content (AvgIpc) is 2.90. The number of sulfonamides is 1. The van der Waals surface area contributed by atoms with E-state index >= 15 is 0 Å². The number of carboxylic acid groups (broad SMARTS) is 1. The van der Waals surface area contributed by atoms with Gasteiger partial charge in [0.2, 0.25) is 10.0 Å². The lowest BCUT2D eigenvalue weighted by Crippen LogP contribution is -2.28. The van der Waals surface area contributed by atoms with E-state index in [1.807, 2.05) is 0 Å². The summed E-state index contributed by atoms with van der Waals surface area (Å²) in [6, 6.07) is 1.32. The highest BCUT2D eigenvalue weighted by molar-refractivity contribution is 7.89. The van der Waals surface area contributed by atoms with E-state index < -0.39 is 16.0 Å². The van der Waals surface area contributed by atoms with E-state index in [-0.39, 0.29) is 9.77 Å². The maximum Gasteiger partial charge on any atom is 0.347 e. The molecule has 1 aliphatic heterocycles. The summed E-state index contributed by atoms with van der Waals surface area (Å²) < 4.78 is 31.9. The number of carbonyl (C=O) groups is 1. The summed E-state index contributed by atoms with van der Waals surface area (Å²) in [6.45, 7) is 1.74. The van der Waals surface area contributed by atoms with Crippen molar-refractivity contribution in [2.45, 2.75) is 24.2 Å². The molecule has 0 aromatic carbocycles. The van der Waals surface area contributed by atoms with E-state index in [2.05, 4.69) is 4.72 Å². The minimum atomic E-state index is -3.75. The van der Waals surface area contributed by atoms with E-state index in [0.717, 1.165) is 30.8 Å². The van der Waals surface area contributed by atoms with Crippen molar-refractivity contribution in [1.82, 2.24) is 4.72 Å². The van der Waals surface area contributed by atoms with Gasteiger partial charge in [-0.3, -0.25) is 0 Å². The van der Waals surface area contributed by atoms with Crippen LogP contribution in [0.2, 0.25) is 0 Å². The topological polar surface area (TPSA) is 92.7 Å². The first-order valence-electron chi connectivity index (χ1n) is 6.39. The lowest BCUT2D eigenvalue weighted by atomic mass is 9.99. The monoisotopic (exact) mass is 319 g/mol. The van der Waals surface area contributed by atoms with Crippen molar-refractivity contribution in [3.05, 3.63) is 16.3 Å². The molecule has 1 atom stereocenters. The Morgan fingerprint density at radius 2 is 2.35 bits per heavy atom. The molecule has 0 saturated carbocycles. The van der Waals surface area contributed by atoms with Gasteiger partial charge in [0, 0.05) is 19.8 Å². The van der Waals surface area contributed by atoms with Crippen molar-refractivity contribution in [2.75, 3.05) is 19.8 Å². The summed E-state index contributed by atoms with van der Waals surface area (Å²) in [6.07, 6.45) is 2.75. The van der Waals surface area contributed by atoms with Gasteiger partial charge in [-0.25, -0.2) is 17.9 Å². The van der Waals surface area contributed by atoms with E-state index in [1.54, 1.807) is 0 Å². The quantitative estimate of drug-likeness (QED) is 0.829. The molecular formula is C12H17NO5S2. The van der Waals surface area contributed by atoms with Crippen LogP contribution >= 0.6 is 11.3 Å². The molecule has 0 aliphatic carbocycles. The zero-order chi connectivity index (χ0) is 14.6. The van der Waals surface area contributed by atoms with Crippen LogP contribution in [0.5, 0.6) is 0 Å². The van der Waals surface area contributed by atoms with Crippen LogP contribution in [0.4, 0.5) is 0 Å². The van der Waals surface area contributed by atoms with Crippen molar-refractivity contribution in [3.63, 3.8) is 0 Å². The van der Waals surface area contributed by atoms with Gasteiger partial charge in [0.25, 0.3) is 0 Å². The molecule has 20 heavy (non-hydrogen) atoms. The number of rotatable bonds is 6. The smallest absolute Gasteiger partial charge is 0.347 e. The number of aromatic carboxylic acids is 1. The molecule has 1 unspecified atom stereocenters. The van der Waals surface area contributed by atoms with Gasteiger partial charge in [0.15, 0.2) is 0 Å². The van der Waals surface area contributed by atoms with Crippen molar-refractivity contribution < 1.29 is 23.1 Å². The molecule has 0 radical (unpaired) electrons. The van der Waals surface area contributed by atoms with Gasteiger partial charge in [-0.15, -0.1) is 11.3 Å². The van der Waals surface area contributed by atoms with Gasteiger partial charge in [-0.2, -0.15) is 0 Å². The third-order valence-corrected chi connectivity index (χ3v) is 5.75. The zero-order valence-corrected chi connectivity index (χ0v) is 12.5. The summed E-state index contributed by atoms with van der Waals surface area (Å²) in [5, 5.41) is 10.4. The van der Waals surface area contributed by atoms with Crippen molar-refractivity contribution in [3.8, 4) is 0 Å². The first-order valence-corrected chi connectivity index (χ1v) is 8.75. The van der Waals surface area contributed by atoms with Gasteiger partial charge < -0.3 is 9.84 Å². The average molecular weight is 319 g/mol. The molecule has 1 aromatic rings. The second-order valence-electron chi connectivity index (χ2n) is 4.69.